The molecule has 1 aliphatic rings. The molecule has 64 heavy (non-hydrogen) atoms. The van der Waals surface area contributed by atoms with E-state index in [1.807, 2.05) is 48.5 Å². The van der Waals surface area contributed by atoms with Gasteiger partial charge >= 0.3 is 0 Å². The van der Waals surface area contributed by atoms with E-state index in [0.29, 0.717) is 28.1 Å². The number of carbonyl (C=O) groups excluding carboxylic acids is 3. The lowest BCUT2D eigenvalue weighted by Crippen LogP contribution is -2.32. The number of hydrogen-bond acceptors (Lipinski definition) is 6. The molecule has 1 aliphatic carbocycles. The lowest BCUT2D eigenvalue weighted by molar-refractivity contribution is -0.116. The summed E-state index contributed by atoms with van der Waals surface area (Å²) in [5.41, 5.74) is 4.48. The molecule has 0 saturated heterocycles. The first-order valence-electron chi connectivity index (χ1n) is 23.1. The molecule has 9 nitrogen and oxygen atoms in total. The topological polar surface area (TPSA) is 110 Å². The van der Waals surface area contributed by atoms with E-state index in [0.717, 1.165) is 132 Å². The van der Waals surface area contributed by atoms with Crippen molar-refractivity contribution in [2.24, 2.45) is 0 Å². The molecule has 2 amide bonds. The number of rotatable bonds is 19. The molecule has 0 heterocycles. The Morgan fingerprint density at radius 1 is 0.641 bits per heavy atom. The highest BCUT2D eigenvalue weighted by molar-refractivity contribution is 6.39. The van der Waals surface area contributed by atoms with Crippen molar-refractivity contribution in [3.63, 3.8) is 0 Å². The maximum Gasteiger partial charge on any atom is 0.251 e. The number of nitrogens with zero attached hydrogens (tertiary/aromatic N) is 3. The van der Waals surface area contributed by atoms with Gasteiger partial charge in [0.05, 0.1) is 18.2 Å². The summed E-state index contributed by atoms with van der Waals surface area (Å²) in [6.45, 7) is 23.4. The van der Waals surface area contributed by atoms with Crippen molar-refractivity contribution < 1.29 is 14.4 Å². The second-order valence-corrected chi connectivity index (χ2v) is 17.1. The van der Waals surface area contributed by atoms with Gasteiger partial charge in [-0.2, -0.15) is 0 Å². The average molecular weight is 853 g/mol. The second kappa shape index (κ2) is 20.2. The van der Waals surface area contributed by atoms with Crippen LogP contribution in [0.3, 0.4) is 0 Å². The maximum atomic E-state index is 15.7. The van der Waals surface area contributed by atoms with Crippen LogP contribution in [0, 0.1) is 12.0 Å². The molecule has 7 rings (SSSR count). The Balaban J connectivity index is 1.61. The Labute approximate surface area is 377 Å². The Bertz CT molecular complexity index is 2900. The van der Waals surface area contributed by atoms with E-state index in [1.165, 1.54) is 13.8 Å². The first-order chi connectivity index (χ1) is 31.1. The number of amides is 2. The molecule has 3 N–H and O–H groups in total. The number of nitrogens with one attached hydrogen (secondary N) is 3. The van der Waals surface area contributed by atoms with Crippen LogP contribution in [0.25, 0.3) is 53.5 Å². The normalized spacial score (nSPS) is 13.5. The van der Waals surface area contributed by atoms with E-state index in [-0.39, 0.29) is 28.9 Å². The number of fused-ring (bicyclic) bond motifs is 4. The van der Waals surface area contributed by atoms with Crippen LogP contribution in [-0.4, -0.2) is 49.6 Å². The molecule has 0 aliphatic heterocycles. The standard InChI is InChI=1S/C55H60N6O3/c1-8-12-24-60(25-13-9-2)48-32-45(58-35(5)62)50(43-30-39-22-18-16-20-37(39)28-41(43)48)53-52(47(34-56)57-7)54(55(53)64)51-44-31-40-23-19-17-21-38(40)29-42(44)49(33-46(51)59-36(6)63)61(26-14-10-3)27-15-11-4/h16-23,28-33,53,56H,8-15,24-27H2,1-6H3,(H,58,62)(H,59,63). The summed E-state index contributed by atoms with van der Waals surface area (Å²) in [5.74, 6) is 0.537. The Morgan fingerprint density at radius 2 is 1.05 bits per heavy atom. The van der Waals surface area contributed by atoms with Gasteiger partial charge in [0.2, 0.25) is 11.8 Å². The van der Waals surface area contributed by atoms with Gasteiger partial charge in [0.25, 0.3) is 5.70 Å². The van der Waals surface area contributed by atoms with Crippen molar-refractivity contribution in [3.05, 3.63) is 119 Å². The highest BCUT2D eigenvalue weighted by Crippen LogP contribution is 2.56. The monoisotopic (exact) mass is 852 g/mol. The van der Waals surface area contributed by atoms with E-state index >= 15 is 4.79 Å². The van der Waals surface area contributed by atoms with Crippen molar-refractivity contribution in [3.8, 4) is 0 Å². The number of unbranched alkanes of at least 4 members (excludes halogenated alkanes) is 4. The Hall–Kier alpha value is -6.75. The molecule has 1 unspecified atom stereocenters. The number of benzene rings is 6. The number of allylic oxidation sites excluding steroid dienone is 2. The minimum Gasteiger partial charge on any atom is -0.371 e. The highest BCUT2D eigenvalue weighted by Gasteiger charge is 2.46. The van der Waals surface area contributed by atoms with Crippen molar-refractivity contribution in [2.45, 2.75) is 98.8 Å². The third-order valence-corrected chi connectivity index (χ3v) is 12.5. The van der Waals surface area contributed by atoms with Gasteiger partial charge in [0, 0.05) is 79.0 Å². The van der Waals surface area contributed by atoms with Crippen molar-refractivity contribution >= 4 is 94.9 Å². The van der Waals surface area contributed by atoms with Gasteiger partial charge in [-0.25, -0.2) is 4.85 Å². The smallest absolute Gasteiger partial charge is 0.251 e. The zero-order chi connectivity index (χ0) is 45.5. The van der Waals surface area contributed by atoms with Gasteiger partial charge in [-0.3, -0.25) is 19.8 Å². The highest BCUT2D eigenvalue weighted by atomic mass is 16.2. The van der Waals surface area contributed by atoms with Crippen molar-refractivity contribution in [1.82, 2.24) is 0 Å². The SMILES string of the molecule is [C-]#[N+]C(=C=N)C1=C(c2c(NC(C)=O)cc(N(CCCC)CCCC)c3cc4ccccc4cc23)C(=O)C1c1c(NC(C)=O)cc(N(CCCC)CCCC)c2cc3ccccc3cc12. The number of hydrogen-bond donors (Lipinski definition) is 3. The van der Waals surface area contributed by atoms with Crippen LogP contribution in [0.15, 0.2) is 96.2 Å². The first kappa shape index (κ1) is 45.3. The number of Topliss-reactive ketones (excluding diaryl/α,β-unsaturated/α-hetero) is 1. The van der Waals surface area contributed by atoms with Crippen molar-refractivity contribution in [2.75, 3.05) is 46.6 Å². The van der Waals surface area contributed by atoms with Crippen LogP contribution < -0.4 is 20.4 Å². The Morgan fingerprint density at radius 3 is 1.47 bits per heavy atom. The molecule has 0 saturated carbocycles. The van der Waals surface area contributed by atoms with Crippen LogP contribution in [0.4, 0.5) is 22.7 Å². The average Bonchev–Trinajstić information content (AvgIpc) is 3.29. The molecule has 0 aromatic heterocycles. The van der Waals surface area contributed by atoms with Crippen LogP contribution in [0.1, 0.15) is 110 Å². The number of ketones is 1. The van der Waals surface area contributed by atoms with Gasteiger partial charge in [-0.1, -0.05) is 102 Å². The van der Waals surface area contributed by atoms with Gasteiger partial charge in [-0.15, -0.1) is 0 Å². The van der Waals surface area contributed by atoms with E-state index in [1.54, 1.807) is 0 Å². The summed E-state index contributed by atoms with van der Waals surface area (Å²) in [6, 6.07) is 28.8. The quantitative estimate of drug-likeness (QED) is 0.0427. The molecule has 1 atom stereocenters. The summed E-state index contributed by atoms with van der Waals surface area (Å²) in [5, 5.41) is 22.2. The fourth-order valence-corrected chi connectivity index (χ4v) is 9.41. The van der Waals surface area contributed by atoms with E-state index in [2.05, 4.69) is 95.2 Å². The molecule has 0 bridgehead atoms. The zero-order valence-corrected chi connectivity index (χ0v) is 38.2. The van der Waals surface area contributed by atoms with Crippen LogP contribution in [0.5, 0.6) is 0 Å². The number of carbonyl (C=O) groups is 3. The maximum absolute atomic E-state index is 15.7. The predicted molar refractivity (Wildman–Crippen MR) is 268 cm³/mol. The molecule has 6 aromatic carbocycles. The fourth-order valence-electron chi connectivity index (χ4n) is 9.41. The Kier molecular flexibility index (Phi) is 14.3. The molecular formula is C55H60N6O3. The summed E-state index contributed by atoms with van der Waals surface area (Å²) >= 11 is 0. The molecule has 0 spiro atoms. The molecular weight excluding hydrogens is 793 g/mol. The van der Waals surface area contributed by atoms with Crippen LogP contribution in [-0.2, 0) is 14.4 Å². The van der Waals surface area contributed by atoms with Gasteiger partial charge in [0.1, 0.15) is 0 Å². The van der Waals surface area contributed by atoms with E-state index in [9.17, 15) is 9.59 Å². The third-order valence-electron chi connectivity index (χ3n) is 12.5. The van der Waals surface area contributed by atoms with Gasteiger partial charge in [-0.05, 0) is 111 Å². The van der Waals surface area contributed by atoms with E-state index < -0.39 is 5.92 Å². The summed E-state index contributed by atoms with van der Waals surface area (Å²) in [6.07, 6.45) is 8.01. The lowest BCUT2D eigenvalue weighted by atomic mass is 9.66. The minimum atomic E-state index is -1.03. The van der Waals surface area contributed by atoms with Gasteiger partial charge < -0.3 is 20.4 Å². The second-order valence-electron chi connectivity index (χ2n) is 17.1. The predicted octanol–water partition coefficient (Wildman–Crippen LogP) is 13.2. The number of anilines is 4. The van der Waals surface area contributed by atoms with Crippen LogP contribution >= 0.6 is 0 Å². The minimum absolute atomic E-state index is 0.0989. The zero-order valence-electron chi connectivity index (χ0n) is 38.2. The van der Waals surface area contributed by atoms with Crippen molar-refractivity contribution in [1.29, 1.82) is 5.41 Å². The van der Waals surface area contributed by atoms with E-state index in [4.69, 9.17) is 12.0 Å². The van der Waals surface area contributed by atoms with Crippen LogP contribution in [0.2, 0.25) is 0 Å². The third kappa shape index (κ3) is 8.89. The summed E-state index contributed by atoms with van der Waals surface area (Å²) < 4.78 is 0. The molecule has 9 heteroatoms. The molecule has 0 radical (unpaired) electrons. The first-order valence-corrected chi connectivity index (χ1v) is 23.1. The summed E-state index contributed by atoms with van der Waals surface area (Å²) in [7, 11) is 0. The molecule has 328 valence electrons. The van der Waals surface area contributed by atoms with Gasteiger partial charge in [0.15, 0.2) is 5.78 Å². The summed E-state index contributed by atoms with van der Waals surface area (Å²) in [4.78, 5) is 50.8. The molecule has 0 fully saturated rings. The molecule has 6 aromatic rings. The lowest BCUT2D eigenvalue weighted by Gasteiger charge is -2.37. The largest absolute Gasteiger partial charge is 0.371 e. The fraction of sp³-hybridized carbons (Fsp3) is 0.345.